The van der Waals surface area contributed by atoms with Gasteiger partial charge < -0.3 is 10.4 Å². The van der Waals surface area contributed by atoms with E-state index in [2.05, 4.69) is 31.8 Å². The first-order chi connectivity index (χ1) is 14.3. The molecule has 4 heteroatoms. The molecule has 4 nitrogen and oxygen atoms in total. The summed E-state index contributed by atoms with van der Waals surface area (Å²) >= 11 is 0. The van der Waals surface area contributed by atoms with Gasteiger partial charge in [-0.15, -0.1) is 0 Å². The molecule has 30 heavy (non-hydrogen) atoms. The van der Waals surface area contributed by atoms with Gasteiger partial charge >= 0.3 is 0 Å². The van der Waals surface area contributed by atoms with Gasteiger partial charge in [-0.2, -0.15) is 0 Å². The summed E-state index contributed by atoms with van der Waals surface area (Å²) in [6.45, 7) is 13.1. The molecule has 0 saturated carbocycles. The Hall–Kier alpha value is -2.10. The summed E-state index contributed by atoms with van der Waals surface area (Å²) in [5.74, 6) is -1.25. The van der Waals surface area contributed by atoms with Crippen LogP contribution in [-0.2, 0) is 9.59 Å². The molecular formula is C26H39NO3. The van der Waals surface area contributed by atoms with Crippen molar-refractivity contribution in [3.8, 4) is 0 Å². The van der Waals surface area contributed by atoms with E-state index in [0.717, 1.165) is 56.9 Å². The van der Waals surface area contributed by atoms with Crippen molar-refractivity contribution in [2.75, 3.05) is 6.54 Å². The normalized spacial score (nSPS) is 22.5. The molecule has 0 saturated heterocycles. The van der Waals surface area contributed by atoms with Crippen molar-refractivity contribution in [3.05, 3.63) is 46.4 Å². The fourth-order valence-corrected chi connectivity index (χ4v) is 4.54. The monoisotopic (exact) mass is 413 g/mol. The molecule has 2 aliphatic carbocycles. The number of aliphatic hydroxyl groups is 1. The Morgan fingerprint density at radius 1 is 1.13 bits per heavy atom. The van der Waals surface area contributed by atoms with E-state index in [-0.39, 0.29) is 23.2 Å². The van der Waals surface area contributed by atoms with E-state index in [9.17, 15) is 14.7 Å². The first kappa shape index (κ1) is 24.2. The lowest BCUT2D eigenvalue weighted by molar-refractivity contribution is -0.133. The molecule has 2 N–H and O–H groups in total. The van der Waals surface area contributed by atoms with Gasteiger partial charge in [0.25, 0.3) is 0 Å². The summed E-state index contributed by atoms with van der Waals surface area (Å²) in [7, 11) is 0. The smallest absolute Gasteiger partial charge is 0.233 e. The van der Waals surface area contributed by atoms with Crippen molar-refractivity contribution in [3.63, 3.8) is 0 Å². The van der Waals surface area contributed by atoms with Crippen LogP contribution in [0.2, 0.25) is 0 Å². The molecule has 0 aliphatic heterocycles. The lowest BCUT2D eigenvalue weighted by atomic mass is 9.70. The maximum Gasteiger partial charge on any atom is 0.233 e. The quantitative estimate of drug-likeness (QED) is 0.185. The van der Waals surface area contributed by atoms with Gasteiger partial charge in [-0.3, -0.25) is 9.59 Å². The highest BCUT2D eigenvalue weighted by Gasteiger charge is 2.41. The standard InChI is InChI=1S/C26H39NO3/c1-6-8-10-12-20-23(27-15-11-9-7-2)25(29)22(26(30)24(20)28)21-16-18(5)13-14-19(21)17(3)4/h16,19,21,27,29H,3,6-15H2,1-2,4-5H3/t19-,21+/m0/s1. The first-order valence-corrected chi connectivity index (χ1v) is 11.7. The van der Waals surface area contributed by atoms with Crippen LogP contribution in [0.15, 0.2) is 46.4 Å². The minimum Gasteiger partial charge on any atom is -0.505 e. The van der Waals surface area contributed by atoms with E-state index in [0.29, 0.717) is 24.2 Å². The summed E-state index contributed by atoms with van der Waals surface area (Å²) in [5.41, 5.74) is 3.37. The number of aliphatic hydroxyl groups excluding tert-OH is 1. The van der Waals surface area contributed by atoms with Gasteiger partial charge in [0.05, 0.1) is 11.3 Å². The molecule has 0 unspecified atom stereocenters. The number of unbranched alkanes of at least 4 members (excludes halogenated alkanes) is 4. The highest BCUT2D eigenvalue weighted by atomic mass is 16.3. The van der Waals surface area contributed by atoms with E-state index in [1.807, 2.05) is 13.8 Å². The van der Waals surface area contributed by atoms with Gasteiger partial charge in [0.15, 0.2) is 0 Å². The van der Waals surface area contributed by atoms with Crippen LogP contribution in [0.4, 0.5) is 0 Å². The highest BCUT2D eigenvalue weighted by Crippen LogP contribution is 2.41. The van der Waals surface area contributed by atoms with Crippen LogP contribution in [0.3, 0.4) is 0 Å². The molecule has 166 valence electrons. The number of hydrogen-bond acceptors (Lipinski definition) is 4. The lowest BCUT2D eigenvalue weighted by Crippen LogP contribution is -2.36. The average Bonchev–Trinajstić information content (AvgIpc) is 2.70. The molecule has 2 rings (SSSR count). The van der Waals surface area contributed by atoms with Crippen molar-refractivity contribution in [2.24, 2.45) is 11.8 Å². The molecule has 0 spiro atoms. The zero-order valence-electron chi connectivity index (χ0n) is 19.3. The number of hydrogen-bond donors (Lipinski definition) is 2. The number of carbonyl (C=O) groups excluding carboxylic acids is 2. The van der Waals surface area contributed by atoms with Crippen LogP contribution in [0.1, 0.15) is 85.5 Å². The minimum atomic E-state index is -0.541. The third-order valence-corrected chi connectivity index (χ3v) is 6.34. The minimum absolute atomic E-state index is 0.0233. The van der Waals surface area contributed by atoms with Crippen LogP contribution >= 0.6 is 0 Å². The summed E-state index contributed by atoms with van der Waals surface area (Å²) in [6.07, 6.45) is 10.4. The number of carbonyl (C=O) groups is 2. The van der Waals surface area contributed by atoms with Gasteiger partial charge in [0, 0.05) is 18.0 Å². The third kappa shape index (κ3) is 5.53. The van der Waals surface area contributed by atoms with E-state index in [1.54, 1.807) is 0 Å². The van der Waals surface area contributed by atoms with E-state index >= 15 is 0 Å². The van der Waals surface area contributed by atoms with Gasteiger partial charge in [0.1, 0.15) is 5.76 Å². The molecule has 0 fully saturated rings. The number of Topliss-reactive ketones (excluding diaryl/α,β-unsaturated/α-hetero) is 2. The maximum absolute atomic E-state index is 13.2. The van der Waals surface area contributed by atoms with Crippen molar-refractivity contribution < 1.29 is 14.7 Å². The molecule has 0 aromatic heterocycles. The maximum atomic E-state index is 13.2. The lowest BCUT2D eigenvalue weighted by Gasteiger charge is -2.34. The zero-order valence-corrected chi connectivity index (χ0v) is 19.3. The highest BCUT2D eigenvalue weighted by molar-refractivity contribution is 6.50. The van der Waals surface area contributed by atoms with E-state index in [4.69, 9.17) is 0 Å². The van der Waals surface area contributed by atoms with E-state index in [1.165, 1.54) is 5.57 Å². The second-order valence-corrected chi connectivity index (χ2v) is 8.90. The average molecular weight is 414 g/mol. The molecule has 0 aromatic carbocycles. The van der Waals surface area contributed by atoms with Crippen LogP contribution in [-0.4, -0.2) is 23.2 Å². The Bertz CT molecular complexity index is 769. The molecule has 0 heterocycles. The zero-order chi connectivity index (χ0) is 22.3. The topological polar surface area (TPSA) is 66.4 Å². The van der Waals surface area contributed by atoms with Crippen LogP contribution in [0.5, 0.6) is 0 Å². The molecule has 0 bridgehead atoms. The van der Waals surface area contributed by atoms with E-state index < -0.39 is 11.6 Å². The Morgan fingerprint density at radius 2 is 1.80 bits per heavy atom. The molecule has 0 radical (unpaired) electrons. The molecule has 0 aromatic rings. The number of ketones is 2. The largest absolute Gasteiger partial charge is 0.505 e. The fourth-order valence-electron chi connectivity index (χ4n) is 4.54. The SMILES string of the molecule is C=C(C)[C@@H]1CCC(C)=C[C@H]1C1=C(O)C(NCCCCC)=C(CCCCC)C(=O)C1=O. The van der Waals surface area contributed by atoms with Crippen LogP contribution in [0, 0.1) is 11.8 Å². The van der Waals surface area contributed by atoms with Crippen LogP contribution < -0.4 is 5.32 Å². The predicted molar refractivity (Wildman–Crippen MR) is 123 cm³/mol. The summed E-state index contributed by atoms with van der Waals surface area (Å²) < 4.78 is 0. The van der Waals surface area contributed by atoms with Gasteiger partial charge in [-0.25, -0.2) is 0 Å². The molecule has 0 amide bonds. The van der Waals surface area contributed by atoms with Gasteiger partial charge in [0.2, 0.25) is 11.6 Å². The second kappa shape index (κ2) is 11.3. The van der Waals surface area contributed by atoms with Crippen LogP contribution in [0.25, 0.3) is 0 Å². The Balaban J connectivity index is 2.50. The summed E-state index contributed by atoms with van der Waals surface area (Å²) in [4.78, 5) is 26.3. The molecular weight excluding hydrogens is 374 g/mol. The van der Waals surface area contributed by atoms with Gasteiger partial charge in [-0.1, -0.05) is 63.3 Å². The summed E-state index contributed by atoms with van der Waals surface area (Å²) in [6, 6.07) is 0. The van der Waals surface area contributed by atoms with Crippen molar-refractivity contribution in [1.29, 1.82) is 0 Å². The number of allylic oxidation sites excluding steroid dienone is 5. The fraction of sp³-hybridized carbons (Fsp3) is 0.615. The Morgan fingerprint density at radius 3 is 2.43 bits per heavy atom. The molecule has 2 aliphatic rings. The van der Waals surface area contributed by atoms with Gasteiger partial charge in [-0.05, 0) is 51.9 Å². The number of rotatable bonds is 11. The second-order valence-electron chi connectivity index (χ2n) is 8.90. The molecule has 2 atom stereocenters. The third-order valence-electron chi connectivity index (χ3n) is 6.34. The Kier molecular flexibility index (Phi) is 9.13. The first-order valence-electron chi connectivity index (χ1n) is 11.7. The Labute approximate surface area is 182 Å². The predicted octanol–water partition coefficient (Wildman–Crippen LogP) is 6.11. The van der Waals surface area contributed by atoms with Crippen molar-refractivity contribution >= 4 is 11.6 Å². The summed E-state index contributed by atoms with van der Waals surface area (Å²) in [5, 5.41) is 14.6. The van der Waals surface area contributed by atoms with Crippen molar-refractivity contribution in [2.45, 2.75) is 85.5 Å². The number of nitrogens with one attached hydrogen (secondary N) is 1. The van der Waals surface area contributed by atoms with Crippen molar-refractivity contribution in [1.82, 2.24) is 5.32 Å².